The Labute approximate surface area is 196 Å². The summed E-state index contributed by atoms with van der Waals surface area (Å²) in [6.07, 6.45) is -0.450. The number of halogens is 3. The largest absolute Gasteiger partial charge is 0.390 e. The van der Waals surface area contributed by atoms with E-state index in [2.05, 4.69) is 44.7 Å². The van der Waals surface area contributed by atoms with Gasteiger partial charge in [-0.05, 0) is 43.2 Å². The maximum absolute atomic E-state index is 13.6. The molecule has 7 heteroatoms. The molecule has 1 aliphatic heterocycles. The Hall–Kier alpha value is -1.63. The van der Waals surface area contributed by atoms with Crippen molar-refractivity contribution in [1.29, 1.82) is 0 Å². The molecule has 1 N–H and O–H groups in total. The predicted octanol–water partition coefficient (Wildman–Crippen LogP) is 4.42. The zero-order valence-corrected chi connectivity index (χ0v) is 19.8. The van der Waals surface area contributed by atoms with Gasteiger partial charge in [0.1, 0.15) is 5.82 Å². The van der Waals surface area contributed by atoms with Crippen LogP contribution in [0.3, 0.4) is 0 Å². The molecule has 1 fully saturated rings. The molecule has 1 atom stereocenters. The average molecular weight is 468 g/mol. The van der Waals surface area contributed by atoms with E-state index in [1.165, 1.54) is 11.6 Å². The molecule has 0 aliphatic carbocycles. The summed E-state index contributed by atoms with van der Waals surface area (Å²) in [5.74, 6) is -0.216. The Morgan fingerprint density at radius 1 is 0.903 bits per heavy atom. The van der Waals surface area contributed by atoms with Crippen molar-refractivity contribution >= 4 is 35.7 Å². The molecule has 0 radical (unpaired) electrons. The van der Waals surface area contributed by atoms with Crippen molar-refractivity contribution in [1.82, 2.24) is 14.4 Å². The minimum Gasteiger partial charge on any atom is -0.390 e. The van der Waals surface area contributed by atoms with Crippen molar-refractivity contribution in [2.75, 3.05) is 32.7 Å². The molecule has 4 nitrogen and oxygen atoms in total. The van der Waals surface area contributed by atoms with Crippen molar-refractivity contribution in [3.8, 4) is 0 Å². The van der Waals surface area contributed by atoms with Crippen LogP contribution in [0.5, 0.6) is 0 Å². The summed E-state index contributed by atoms with van der Waals surface area (Å²) in [6, 6.07) is 15.5. The lowest BCUT2D eigenvalue weighted by molar-refractivity contribution is 0.0626. The van der Waals surface area contributed by atoms with Crippen molar-refractivity contribution in [2.24, 2.45) is 0 Å². The zero-order chi connectivity index (χ0) is 20.4. The van der Waals surface area contributed by atoms with Crippen LogP contribution in [0.1, 0.15) is 16.8 Å². The first kappa shape index (κ1) is 25.6. The summed E-state index contributed by atoms with van der Waals surface area (Å²) in [6.45, 7) is 10.2. The standard InChI is InChI=1S/C24H30FN3O.2ClH/c1-18-19(2)28(24-9-8-21(25)14-23(18)24)17-22(29)16-27-12-10-26(11-13-27)15-20-6-4-3-5-7-20;;/h3-9,14,22,29H,10-13,15-17H2,1-2H3;2*1H. The summed E-state index contributed by atoms with van der Waals surface area (Å²) < 4.78 is 15.8. The minimum absolute atomic E-state index is 0. The molecule has 170 valence electrons. The summed E-state index contributed by atoms with van der Waals surface area (Å²) >= 11 is 0. The third kappa shape index (κ3) is 5.99. The van der Waals surface area contributed by atoms with E-state index in [4.69, 9.17) is 0 Å². The van der Waals surface area contributed by atoms with Crippen molar-refractivity contribution in [3.05, 3.63) is 71.2 Å². The van der Waals surface area contributed by atoms with Crippen LogP contribution in [0.25, 0.3) is 10.9 Å². The van der Waals surface area contributed by atoms with Gasteiger partial charge in [-0.25, -0.2) is 4.39 Å². The van der Waals surface area contributed by atoms with Gasteiger partial charge in [0.05, 0.1) is 12.6 Å². The summed E-state index contributed by atoms with van der Waals surface area (Å²) in [4.78, 5) is 4.82. The maximum Gasteiger partial charge on any atom is 0.123 e. The van der Waals surface area contributed by atoms with Crippen LogP contribution in [0.2, 0.25) is 0 Å². The fourth-order valence-electron chi connectivity index (χ4n) is 4.40. The molecule has 1 aromatic heterocycles. The van der Waals surface area contributed by atoms with Crippen LogP contribution < -0.4 is 0 Å². The van der Waals surface area contributed by atoms with E-state index in [1.54, 1.807) is 6.07 Å². The van der Waals surface area contributed by atoms with E-state index in [1.807, 2.05) is 19.9 Å². The first-order valence-electron chi connectivity index (χ1n) is 10.4. The van der Waals surface area contributed by atoms with Crippen LogP contribution >= 0.6 is 24.8 Å². The van der Waals surface area contributed by atoms with Gasteiger partial charge in [0.15, 0.2) is 0 Å². The molecule has 1 unspecified atom stereocenters. The van der Waals surface area contributed by atoms with Crippen molar-refractivity contribution in [2.45, 2.75) is 33.0 Å². The minimum atomic E-state index is -0.450. The molecule has 1 saturated heterocycles. The van der Waals surface area contributed by atoms with E-state index < -0.39 is 6.10 Å². The van der Waals surface area contributed by atoms with Gasteiger partial charge in [-0.15, -0.1) is 24.8 Å². The first-order chi connectivity index (χ1) is 14.0. The molecule has 3 aromatic rings. The van der Waals surface area contributed by atoms with Gasteiger partial charge < -0.3 is 9.67 Å². The molecular weight excluding hydrogens is 436 g/mol. The number of aryl methyl sites for hydroxylation is 1. The molecule has 2 aromatic carbocycles. The molecule has 1 aliphatic rings. The fraction of sp³-hybridized carbons (Fsp3) is 0.417. The van der Waals surface area contributed by atoms with Crippen LogP contribution in [0.4, 0.5) is 4.39 Å². The van der Waals surface area contributed by atoms with Gasteiger partial charge in [0.2, 0.25) is 0 Å². The molecule has 0 bridgehead atoms. The third-order valence-corrected chi connectivity index (χ3v) is 6.18. The van der Waals surface area contributed by atoms with Gasteiger partial charge in [-0.2, -0.15) is 0 Å². The zero-order valence-electron chi connectivity index (χ0n) is 18.1. The van der Waals surface area contributed by atoms with Crippen LogP contribution in [-0.4, -0.2) is 58.3 Å². The second-order valence-corrected chi connectivity index (χ2v) is 8.20. The molecule has 0 saturated carbocycles. The monoisotopic (exact) mass is 467 g/mol. The van der Waals surface area contributed by atoms with E-state index in [0.29, 0.717) is 13.1 Å². The summed E-state index contributed by atoms with van der Waals surface area (Å²) in [7, 11) is 0. The molecule has 0 amide bonds. The number of benzene rings is 2. The van der Waals surface area contributed by atoms with Gasteiger partial charge in [-0.1, -0.05) is 30.3 Å². The number of hydrogen-bond donors (Lipinski definition) is 1. The highest BCUT2D eigenvalue weighted by Crippen LogP contribution is 2.26. The summed E-state index contributed by atoms with van der Waals surface area (Å²) in [5, 5.41) is 11.7. The molecule has 4 rings (SSSR count). The Bertz CT molecular complexity index is 972. The number of hydrogen-bond acceptors (Lipinski definition) is 3. The number of fused-ring (bicyclic) bond motifs is 1. The quantitative estimate of drug-likeness (QED) is 0.581. The topological polar surface area (TPSA) is 31.6 Å². The average Bonchev–Trinajstić information content (AvgIpc) is 2.95. The number of rotatable bonds is 6. The number of aliphatic hydroxyl groups excluding tert-OH is 1. The highest BCUT2D eigenvalue weighted by atomic mass is 35.5. The van der Waals surface area contributed by atoms with Gasteiger partial charge in [-0.3, -0.25) is 9.80 Å². The van der Waals surface area contributed by atoms with E-state index >= 15 is 0 Å². The Kier molecular flexibility index (Phi) is 9.34. The predicted molar refractivity (Wildman–Crippen MR) is 130 cm³/mol. The number of aliphatic hydroxyl groups is 1. The van der Waals surface area contributed by atoms with Gasteiger partial charge in [0, 0.05) is 55.9 Å². The Morgan fingerprint density at radius 3 is 2.23 bits per heavy atom. The van der Waals surface area contributed by atoms with E-state index in [0.717, 1.165) is 54.9 Å². The SMILES string of the molecule is Cc1c(C)n(CC(O)CN2CCN(Cc3ccccc3)CC2)c2ccc(F)cc12.Cl.Cl. The third-order valence-electron chi connectivity index (χ3n) is 6.18. The van der Waals surface area contributed by atoms with Gasteiger partial charge >= 0.3 is 0 Å². The van der Waals surface area contributed by atoms with E-state index in [9.17, 15) is 9.50 Å². The molecule has 31 heavy (non-hydrogen) atoms. The molecule has 0 spiro atoms. The smallest absolute Gasteiger partial charge is 0.123 e. The maximum atomic E-state index is 13.6. The summed E-state index contributed by atoms with van der Waals surface area (Å²) in [5.41, 5.74) is 4.52. The van der Waals surface area contributed by atoms with Crippen molar-refractivity contribution in [3.63, 3.8) is 0 Å². The number of β-amino-alcohol motifs (C(OH)–C–C–N with tert-alkyl or cyclic N) is 1. The number of nitrogens with zero attached hydrogens (tertiary/aromatic N) is 3. The highest BCUT2D eigenvalue weighted by Gasteiger charge is 2.21. The first-order valence-corrected chi connectivity index (χ1v) is 10.4. The van der Waals surface area contributed by atoms with Crippen molar-refractivity contribution < 1.29 is 9.50 Å². The second-order valence-electron chi connectivity index (χ2n) is 8.20. The second kappa shape index (κ2) is 11.3. The fourth-order valence-corrected chi connectivity index (χ4v) is 4.40. The molecule has 2 heterocycles. The van der Waals surface area contributed by atoms with E-state index in [-0.39, 0.29) is 30.6 Å². The normalized spacial score (nSPS) is 16.0. The van der Waals surface area contributed by atoms with Gasteiger partial charge in [0.25, 0.3) is 0 Å². The van der Waals surface area contributed by atoms with Crippen LogP contribution in [0, 0.1) is 19.7 Å². The lowest BCUT2D eigenvalue weighted by atomic mass is 10.1. The highest BCUT2D eigenvalue weighted by molar-refractivity contribution is 5.86. The van der Waals surface area contributed by atoms with Crippen LogP contribution in [0.15, 0.2) is 48.5 Å². The van der Waals surface area contributed by atoms with Crippen LogP contribution in [-0.2, 0) is 13.1 Å². The number of piperazine rings is 1. The lowest BCUT2D eigenvalue weighted by Crippen LogP contribution is -2.48. The Balaban J connectivity index is 0.00000171. The molecular formula is C24H32Cl2FN3O. The number of aromatic nitrogens is 1. The Morgan fingerprint density at radius 2 is 1.55 bits per heavy atom. The lowest BCUT2D eigenvalue weighted by Gasteiger charge is -2.35.